The molecule has 3 aromatic carbocycles. The highest BCUT2D eigenvalue weighted by atomic mass is 35.5. The fourth-order valence-electron chi connectivity index (χ4n) is 4.08. The number of rotatable bonds is 2. The molecule has 0 N–H and O–H groups in total. The minimum absolute atomic E-state index is 0.00458. The van der Waals surface area contributed by atoms with Gasteiger partial charge in [-0.25, -0.2) is 4.39 Å². The van der Waals surface area contributed by atoms with Crippen LogP contribution in [0.3, 0.4) is 0 Å². The van der Waals surface area contributed by atoms with Crippen LogP contribution < -0.4 is 10.3 Å². The molecular weight excluding hydrogens is 417 g/mol. The number of anilines is 1. The van der Waals surface area contributed by atoms with Crippen LogP contribution in [0.1, 0.15) is 38.9 Å². The zero-order chi connectivity index (χ0) is 21.9. The Morgan fingerprint density at radius 2 is 1.68 bits per heavy atom. The van der Waals surface area contributed by atoms with E-state index in [1.54, 1.807) is 48.5 Å². The van der Waals surface area contributed by atoms with Gasteiger partial charge in [0, 0.05) is 10.7 Å². The number of fused-ring (bicyclic) bond motifs is 2. The van der Waals surface area contributed by atoms with Gasteiger partial charge < -0.3 is 4.42 Å². The third-order valence-electron chi connectivity index (χ3n) is 5.76. The van der Waals surface area contributed by atoms with E-state index in [4.69, 9.17) is 16.0 Å². The van der Waals surface area contributed by atoms with Crippen molar-refractivity contribution in [2.24, 2.45) is 0 Å². The molecule has 1 atom stereocenters. The number of carbonyl (C=O) groups is 1. The van der Waals surface area contributed by atoms with Crippen molar-refractivity contribution in [3.63, 3.8) is 0 Å². The van der Waals surface area contributed by atoms with Crippen LogP contribution in [0.5, 0.6) is 0 Å². The zero-order valence-electron chi connectivity index (χ0n) is 16.8. The highest BCUT2D eigenvalue weighted by Gasteiger charge is 2.43. The maximum atomic E-state index is 13.6. The normalized spacial score (nSPS) is 15.5. The minimum atomic E-state index is -0.760. The molecule has 0 saturated carbocycles. The largest absolute Gasteiger partial charge is 0.450 e. The molecule has 0 spiro atoms. The lowest BCUT2D eigenvalue weighted by atomic mass is 9.97. The molecule has 154 valence electrons. The molecule has 0 fully saturated rings. The Hall–Kier alpha value is -3.44. The monoisotopic (exact) mass is 433 g/mol. The molecule has 1 aromatic heterocycles. The van der Waals surface area contributed by atoms with Gasteiger partial charge in [0.05, 0.1) is 17.0 Å². The van der Waals surface area contributed by atoms with Crippen LogP contribution in [0.4, 0.5) is 10.1 Å². The average molecular weight is 434 g/mol. The van der Waals surface area contributed by atoms with Crippen LogP contribution in [0.25, 0.3) is 11.0 Å². The van der Waals surface area contributed by atoms with Gasteiger partial charge in [0.25, 0.3) is 5.91 Å². The van der Waals surface area contributed by atoms with E-state index in [1.165, 1.54) is 17.0 Å². The predicted octanol–water partition coefficient (Wildman–Crippen LogP) is 5.95. The van der Waals surface area contributed by atoms with Crippen molar-refractivity contribution in [1.82, 2.24) is 0 Å². The molecule has 2 heterocycles. The summed E-state index contributed by atoms with van der Waals surface area (Å²) in [5, 5.41) is 0.865. The number of nitrogens with zero attached hydrogens (tertiary/aromatic N) is 1. The number of benzene rings is 3. The third-order valence-corrected chi connectivity index (χ3v) is 5.99. The van der Waals surface area contributed by atoms with Gasteiger partial charge in [0.2, 0.25) is 5.76 Å². The Labute approximate surface area is 182 Å². The lowest BCUT2D eigenvalue weighted by molar-refractivity contribution is 0.0971. The Bertz CT molecular complexity index is 1430. The van der Waals surface area contributed by atoms with Crippen molar-refractivity contribution >= 4 is 34.2 Å². The second-order valence-corrected chi connectivity index (χ2v) is 8.15. The molecule has 5 rings (SSSR count). The molecule has 1 amide bonds. The molecular formula is C25H17ClFNO3. The molecule has 4 aromatic rings. The second kappa shape index (κ2) is 7.06. The first kappa shape index (κ1) is 19.5. The lowest BCUT2D eigenvalue weighted by Gasteiger charge is -2.25. The van der Waals surface area contributed by atoms with Gasteiger partial charge in [0.15, 0.2) is 5.43 Å². The smallest absolute Gasteiger partial charge is 0.295 e. The van der Waals surface area contributed by atoms with Crippen LogP contribution in [-0.4, -0.2) is 5.91 Å². The van der Waals surface area contributed by atoms with Crippen molar-refractivity contribution in [2.75, 3.05) is 4.90 Å². The van der Waals surface area contributed by atoms with Crippen LogP contribution in [-0.2, 0) is 0 Å². The molecule has 31 heavy (non-hydrogen) atoms. The van der Waals surface area contributed by atoms with Gasteiger partial charge in [-0.3, -0.25) is 14.5 Å². The van der Waals surface area contributed by atoms with E-state index < -0.39 is 17.8 Å². The number of halogens is 2. The molecule has 0 bridgehead atoms. The average Bonchev–Trinajstić information content (AvgIpc) is 3.03. The van der Waals surface area contributed by atoms with Crippen molar-refractivity contribution in [1.29, 1.82) is 0 Å². The summed E-state index contributed by atoms with van der Waals surface area (Å²) >= 11 is 6.18. The molecule has 0 saturated heterocycles. The molecule has 0 aliphatic carbocycles. The van der Waals surface area contributed by atoms with E-state index >= 15 is 0 Å². The predicted molar refractivity (Wildman–Crippen MR) is 118 cm³/mol. The second-order valence-electron chi connectivity index (χ2n) is 7.72. The van der Waals surface area contributed by atoms with Crippen LogP contribution in [0.15, 0.2) is 69.9 Å². The molecule has 1 aliphatic heterocycles. The molecule has 4 nitrogen and oxygen atoms in total. The van der Waals surface area contributed by atoms with Crippen molar-refractivity contribution in [3.05, 3.63) is 110 Å². The van der Waals surface area contributed by atoms with Gasteiger partial charge in [-0.2, -0.15) is 0 Å². The van der Waals surface area contributed by atoms with Gasteiger partial charge >= 0.3 is 0 Å². The number of carbonyl (C=O) groups excluding carboxylic acids is 1. The Kier molecular flexibility index (Phi) is 4.45. The van der Waals surface area contributed by atoms with E-state index in [0.29, 0.717) is 27.2 Å². The van der Waals surface area contributed by atoms with Crippen LogP contribution >= 0.6 is 11.6 Å². The molecule has 1 aliphatic rings. The van der Waals surface area contributed by atoms with E-state index in [1.807, 2.05) is 13.8 Å². The fourth-order valence-corrected chi connectivity index (χ4v) is 4.27. The quantitative estimate of drug-likeness (QED) is 0.392. The van der Waals surface area contributed by atoms with Gasteiger partial charge in [-0.15, -0.1) is 0 Å². The van der Waals surface area contributed by atoms with E-state index in [0.717, 1.165) is 11.1 Å². The summed E-state index contributed by atoms with van der Waals surface area (Å²) in [4.78, 5) is 28.5. The first-order chi connectivity index (χ1) is 14.8. The Morgan fingerprint density at radius 1 is 0.968 bits per heavy atom. The Morgan fingerprint density at radius 3 is 2.39 bits per heavy atom. The molecule has 0 radical (unpaired) electrons. The van der Waals surface area contributed by atoms with Gasteiger partial charge in [-0.05, 0) is 73.0 Å². The summed E-state index contributed by atoms with van der Waals surface area (Å²) in [6.07, 6.45) is 0. The Balaban J connectivity index is 1.83. The SMILES string of the molecule is Cc1cc2oc3c(c(=O)c2cc1C)C(c1ccc(F)cc1)N(c1cccc(Cl)c1)C3=O. The summed E-state index contributed by atoms with van der Waals surface area (Å²) in [6.45, 7) is 3.84. The third kappa shape index (κ3) is 3.04. The van der Waals surface area contributed by atoms with Crippen molar-refractivity contribution < 1.29 is 13.6 Å². The summed E-state index contributed by atoms with van der Waals surface area (Å²) in [5.41, 5.74) is 3.37. The molecule has 6 heteroatoms. The highest BCUT2D eigenvalue weighted by Crippen LogP contribution is 2.41. The topological polar surface area (TPSA) is 50.5 Å². The van der Waals surface area contributed by atoms with E-state index in [-0.39, 0.29) is 16.8 Å². The summed E-state index contributed by atoms with van der Waals surface area (Å²) in [7, 11) is 0. The van der Waals surface area contributed by atoms with Gasteiger partial charge in [0.1, 0.15) is 11.4 Å². The fraction of sp³-hybridized carbons (Fsp3) is 0.120. The minimum Gasteiger partial charge on any atom is -0.450 e. The van der Waals surface area contributed by atoms with Crippen molar-refractivity contribution in [2.45, 2.75) is 19.9 Å². The van der Waals surface area contributed by atoms with Crippen LogP contribution in [0.2, 0.25) is 5.02 Å². The standard InChI is InChI=1S/C25H17ClFNO3/c1-13-10-19-20(11-14(13)2)31-24-21(23(19)29)22(15-6-8-17(27)9-7-15)28(25(24)30)18-5-3-4-16(26)12-18/h3-12,22H,1-2H3. The summed E-state index contributed by atoms with van der Waals surface area (Å²) in [5.74, 6) is -0.849. The first-order valence-corrected chi connectivity index (χ1v) is 10.2. The lowest BCUT2D eigenvalue weighted by Crippen LogP contribution is -2.29. The number of amides is 1. The van der Waals surface area contributed by atoms with E-state index in [2.05, 4.69) is 0 Å². The van der Waals surface area contributed by atoms with Crippen LogP contribution in [0, 0.1) is 19.7 Å². The molecule has 1 unspecified atom stereocenters. The zero-order valence-corrected chi connectivity index (χ0v) is 17.5. The number of aryl methyl sites for hydroxylation is 2. The van der Waals surface area contributed by atoms with E-state index in [9.17, 15) is 14.0 Å². The summed E-state index contributed by atoms with van der Waals surface area (Å²) in [6, 6.07) is 15.4. The number of hydrogen-bond acceptors (Lipinski definition) is 3. The first-order valence-electron chi connectivity index (χ1n) is 9.77. The van der Waals surface area contributed by atoms with Crippen molar-refractivity contribution in [3.8, 4) is 0 Å². The highest BCUT2D eigenvalue weighted by molar-refractivity contribution is 6.31. The maximum Gasteiger partial charge on any atom is 0.295 e. The van der Waals surface area contributed by atoms with Gasteiger partial charge in [-0.1, -0.05) is 29.8 Å². The maximum absolute atomic E-state index is 13.6. The number of hydrogen-bond donors (Lipinski definition) is 0. The summed E-state index contributed by atoms with van der Waals surface area (Å²) < 4.78 is 19.6.